The van der Waals surface area contributed by atoms with Crippen LogP contribution in [-0.4, -0.2) is 11.5 Å². The van der Waals surface area contributed by atoms with Gasteiger partial charge in [0.15, 0.2) is 0 Å². The molecule has 0 aliphatic rings. The van der Waals surface area contributed by atoms with Crippen LogP contribution in [0.25, 0.3) is 0 Å². The molecule has 0 amide bonds. The van der Waals surface area contributed by atoms with Crippen LogP contribution >= 0.6 is 11.3 Å². The van der Waals surface area contributed by atoms with E-state index in [4.69, 9.17) is 5.73 Å². The van der Waals surface area contributed by atoms with Crippen LogP contribution in [0, 0.1) is 13.8 Å². The van der Waals surface area contributed by atoms with Gasteiger partial charge in [0.25, 0.3) is 0 Å². The third kappa shape index (κ3) is 3.14. The second-order valence-corrected chi connectivity index (χ2v) is 5.63. The third-order valence-corrected chi connectivity index (χ3v) is 4.08. The number of aryl methyl sites for hydroxylation is 2. The Hall–Kier alpha value is -1.39. The van der Waals surface area contributed by atoms with Gasteiger partial charge in [-0.05, 0) is 60.3 Å². The fourth-order valence-electron chi connectivity index (χ4n) is 2.18. The van der Waals surface area contributed by atoms with Crippen molar-refractivity contribution < 1.29 is 0 Å². The van der Waals surface area contributed by atoms with E-state index in [-0.39, 0.29) is 6.04 Å². The highest BCUT2D eigenvalue weighted by atomic mass is 32.1. The Labute approximate surface area is 118 Å². The minimum atomic E-state index is 0.138. The number of hydrogen-bond acceptors (Lipinski definition) is 4. The highest BCUT2D eigenvalue weighted by Gasteiger charge is 2.19. The number of rotatable bonds is 5. The van der Waals surface area contributed by atoms with Crippen molar-refractivity contribution in [2.45, 2.75) is 33.2 Å². The van der Waals surface area contributed by atoms with E-state index >= 15 is 0 Å². The van der Waals surface area contributed by atoms with Crippen molar-refractivity contribution >= 4 is 17.2 Å². The molecule has 1 atom stereocenters. The number of nitrogen functional groups attached to an aromatic ring is 1. The average Bonchev–Trinajstić information content (AvgIpc) is 2.80. The second-order valence-electron chi connectivity index (χ2n) is 4.88. The van der Waals surface area contributed by atoms with Crippen LogP contribution in [0.15, 0.2) is 23.0 Å². The van der Waals surface area contributed by atoms with Crippen LogP contribution < -0.4 is 11.1 Å². The topological polar surface area (TPSA) is 50.9 Å². The molecule has 0 radical (unpaired) electrons. The first kappa shape index (κ1) is 14.0. The summed E-state index contributed by atoms with van der Waals surface area (Å²) in [6.45, 7) is 7.33. The van der Waals surface area contributed by atoms with Gasteiger partial charge >= 0.3 is 0 Å². The van der Waals surface area contributed by atoms with E-state index in [0.29, 0.717) is 5.82 Å². The Morgan fingerprint density at radius 1 is 1.32 bits per heavy atom. The number of hydrogen-bond donors (Lipinski definition) is 2. The van der Waals surface area contributed by atoms with E-state index in [1.807, 2.05) is 13.1 Å². The minimum Gasteiger partial charge on any atom is -0.383 e. The zero-order valence-electron chi connectivity index (χ0n) is 11.7. The molecule has 2 aromatic rings. The van der Waals surface area contributed by atoms with E-state index in [1.165, 1.54) is 11.1 Å². The Balaban J connectivity index is 2.42. The molecule has 102 valence electrons. The Kier molecular flexibility index (Phi) is 4.56. The lowest BCUT2D eigenvalue weighted by atomic mass is 9.97. The van der Waals surface area contributed by atoms with E-state index in [9.17, 15) is 0 Å². The fraction of sp³-hybridized carbons (Fsp3) is 0.400. The van der Waals surface area contributed by atoms with Crippen LogP contribution in [-0.2, 0) is 0 Å². The molecule has 0 saturated carbocycles. The van der Waals surface area contributed by atoms with Gasteiger partial charge in [-0.1, -0.05) is 6.92 Å². The lowest BCUT2D eigenvalue weighted by Crippen LogP contribution is -2.24. The summed E-state index contributed by atoms with van der Waals surface area (Å²) in [4.78, 5) is 4.29. The molecule has 19 heavy (non-hydrogen) atoms. The maximum absolute atomic E-state index is 6.07. The monoisotopic (exact) mass is 275 g/mol. The van der Waals surface area contributed by atoms with Crippen molar-refractivity contribution in [3.8, 4) is 0 Å². The summed E-state index contributed by atoms with van der Waals surface area (Å²) in [5.74, 6) is 0.616. The number of nitrogens with two attached hydrogens (primary N) is 1. The Morgan fingerprint density at radius 2 is 2.11 bits per heavy atom. The first-order valence-electron chi connectivity index (χ1n) is 6.61. The van der Waals surface area contributed by atoms with E-state index in [2.05, 4.69) is 41.0 Å². The van der Waals surface area contributed by atoms with Crippen LogP contribution in [0.3, 0.4) is 0 Å². The fourth-order valence-corrected chi connectivity index (χ4v) is 3.05. The molecule has 0 saturated heterocycles. The molecule has 4 heteroatoms. The molecule has 3 N–H and O–H groups in total. The second kappa shape index (κ2) is 6.17. The number of thiophene rings is 1. The standard InChI is InChI=1S/C15H21N3S/c1-4-5-17-14(13-9-19-8-11(13)3)12-6-10(2)7-18-15(12)16/h6-9,14,17H,4-5H2,1-3H3,(H2,16,18). The van der Waals surface area contributed by atoms with Crippen molar-refractivity contribution in [3.63, 3.8) is 0 Å². The molecule has 0 aliphatic heterocycles. The van der Waals surface area contributed by atoms with Gasteiger partial charge < -0.3 is 11.1 Å². The molecule has 2 heterocycles. The van der Waals surface area contributed by atoms with Crippen LogP contribution in [0.4, 0.5) is 5.82 Å². The van der Waals surface area contributed by atoms with Crippen molar-refractivity contribution in [2.75, 3.05) is 12.3 Å². The van der Waals surface area contributed by atoms with Gasteiger partial charge in [0.1, 0.15) is 5.82 Å². The predicted molar refractivity (Wildman–Crippen MR) is 82.6 cm³/mol. The Morgan fingerprint density at radius 3 is 2.74 bits per heavy atom. The smallest absolute Gasteiger partial charge is 0.128 e. The maximum Gasteiger partial charge on any atom is 0.128 e. The molecule has 2 rings (SSSR count). The van der Waals surface area contributed by atoms with Crippen molar-refractivity contribution in [1.82, 2.24) is 10.3 Å². The molecule has 3 nitrogen and oxygen atoms in total. The summed E-state index contributed by atoms with van der Waals surface area (Å²) < 4.78 is 0. The van der Waals surface area contributed by atoms with E-state index in [0.717, 1.165) is 24.1 Å². The van der Waals surface area contributed by atoms with Gasteiger partial charge in [0.2, 0.25) is 0 Å². The SMILES string of the molecule is CCCNC(c1cscc1C)c1cc(C)cnc1N. The molecule has 0 spiro atoms. The molecular weight excluding hydrogens is 254 g/mol. The zero-order chi connectivity index (χ0) is 13.8. The van der Waals surface area contributed by atoms with Crippen LogP contribution in [0.2, 0.25) is 0 Å². The summed E-state index contributed by atoms with van der Waals surface area (Å²) in [6, 6.07) is 2.27. The van der Waals surface area contributed by atoms with Gasteiger partial charge in [-0.25, -0.2) is 4.98 Å². The summed E-state index contributed by atoms with van der Waals surface area (Å²) >= 11 is 1.73. The molecule has 0 fully saturated rings. The minimum absolute atomic E-state index is 0.138. The quantitative estimate of drug-likeness (QED) is 0.879. The number of aromatic nitrogens is 1. The summed E-state index contributed by atoms with van der Waals surface area (Å²) in [5.41, 5.74) is 10.9. The van der Waals surface area contributed by atoms with Gasteiger partial charge in [-0.3, -0.25) is 0 Å². The first-order chi connectivity index (χ1) is 9.13. The Bertz CT molecular complexity index is 548. The van der Waals surface area contributed by atoms with Crippen LogP contribution in [0.5, 0.6) is 0 Å². The zero-order valence-corrected chi connectivity index (χ0v) is 12.6. The molecule has 2 aromatic heterocycles. The van der Waals surface area contributed by atoms with Gasteiger partial charge in [-0.15, -0.1) is 0 Å². The van der Waals surface area contributed by atoms with E-state index < -0.39 is 0 Å². The normalized spacial score (nSPS) is 12.6. The molecule has 0 aromatic carbocycles. The lowest BCUT2D eigenvalue weighted by Gasteiger charge is -2.21. The van der Waals surface area contributed by atoms with Crippen molar-refractivity contribution in [1.29, 1.82) is 0 Å². The first-order valence-corrected chi connectivity index (χ1v) is 7.55. The average molecular weight is 275 g/mol. The summed E-state index contributed by atoms with van der Waals surface area (Å²) in [7, 11) is 0. The number of nitrogens with zero attached hydrogens (tertiary/aromatic N) is 1. The van der Waals surface area contributed by atoms with E-state index in [1.54, 1.807) is 11.3 Å². The number of nitrogens with one attached hydrogen (secondary N) is 1. The molecular formula is C15H21N3S. The van der Waals surface area contributed by atoms with Gasteiger partial charge in [-0.2, -0.15) is 11.3 Å². The third-order valence-electron chi connectivity index (χ3n) is 3.20. The van der Waals surface area contributed by atoms with Crippen LogP contribution in [0.1, 0.15) is 41.6 Å². The van der Waals surface area contributed by atoms with Gasteiger partial charge in [0.05, 0.1) is 6.04 Å². The highest BCUT2D eigenvalue weighted by Crippen LogP contribution is 2.30. The largest absolute Gasteiger partial charge is 0.383 e. The number of anilines is 1. The molecule has 1 unspecified atom stereocenters. The molecule has 0 bridgehead atoms. The van der Waals surface area contributed by atoms with Gasteiger partial charge in [0, 0.05) is 11.8 Å². The molecule has 0 aliphatic carbocycles. The van der Waals surface area contributed by atoms with Crippen molar-refractivity contribution in [2.24, 2.45) is 0 Å². The lowest BCUT2D eigenvalue weighted by molar-refractivity contribution is 0.597. The predicted octanol–water partition coefficient (Wildman–Crippen LogP) is 3.43. The highest BCUT2D eigenvalue weighted by molar-refractivity contribution is 7.08. The maximum atomic E-state index is 6.07. The summed E-state index contributed by atoms with van der Waals surface area (Å²) in [5, 5.41) is 7.96. The summed E-state index contributed by atoms with van der Waals surface area (Å²) in [6.07, 6.45) is 2.91. The van der Waals surface area contributed by atoms with Crippen molar-refractivity contribution in [3.05, 3.63) is 45.3 Å². The number of pyridine rings is 1.